The number of rotatable bonds is 3. The number of hydrogen-bond acceptors (Lipinski definition) is 2. The Bertz CT molecular complexity index is 431. The number of aliphatic carboxylic acids is 1. The highest BCUT2D eigenvalue weighted by Crippen LogP contribution is 2.30. The third-order valence-corrected chi connectivity index (χ3v) is 3.59. The van der Waals surface area contributed by atoms with Crippen molar-refractivity contribution in [2.75, 3.05) is 0 Å². The zero-order valence-electron chi connectivity index (χ0n) is 9.65. The first kappa shape index (κ1) is 12.2. The third-order valence-electron chi connectivity index (χ3n) is 3.17. The second-order valence-electron chi connectivity index (χ2n) is 4.50. The monoisotopic (exact) mass is 254 g/mol. The average molecular weight is 255 g/mol. The lowest BCUT2D eigenvalue weighted by Gasteiger charge is -2.14. The van der Waals surface area contributed by atoms with Crippen LogP contribution in [0.2, 0.25) is 5.02 Å². The summed E-state index contributed by atoms with van der Waals surface area (Å²) in [6.45, 7) is 1.92. The summed E-state index contributed by atoms with van der Waals surface area (Å²) in [7, 11) is 0. The highest BCUT2D eigenvalue weighted by molar-refractivity contribution is 6.31. The van der Waals surface area contributed by atoms with Gasteiger partial charge in [-0.1, -0.05) is 11.6 Å². The van der Waals surface area contributed by atoms with Gasteiger partial charge >= 0.3 is 5.97 Å². The van der Waals surface area contributed by atoms with E-state index in [4.69, 9.17) is 21.4 Å². The van der Waals surface area contributed by atoms with Gasteiger partial charge in [0.25, 0.3) is 0 Å². The van der Waals surface area contributed by atoms with Gasteiger partial charge in [0, 0.05) is 5.02 Å². The summed E-state index contributed by atoms with van der Waals surface area (Å²) >= 11 is 5.93. The van der Waals surface area contributed by atoms with E-state index in [0.29, 0.717) is 17.9 Å². The Labute approximate surface area is 105 Å². The summed E-state index contributed by atoms with van der Waals surface area (Å²) in [4.78, 5) is 10.8. The van der Waals surface area contributed by atoms with Crippen molar-refractivity contribution in [3.8, 4) is 5.75 Å². The van der Waals surface area contributed by atoms with Gasteiger partial charge in [0.1, 0.15) is 5.75 Å². The van der Waals surface area contributed by atoms with Gasteiger partial charge in [0.05, 0.1) is 12.0 Å². The molecule has 1 N–H and O–H groups in total. The van der Waals surface area contributed by atoms with Crippen LogP contribution in [0.5, 0.6) is 5.75 Å². The van der Waals surface area contributed by atoms with Crippen molar-refractivity contribution in [1.82, 2.24) is 0 Å². The molecular weight excluding hydrogens is 240 g/mol. The van der Waals surface area contributed by atoms with Gasteiger partial charge < -0.3 is 9.84 Å². The maximum atomic E-state index is 10.8. The van der Waals surface area contributed by atoms with Gasteiger partial charge in [-0.3, -0.25) is 4.79 Å². The van der Waals surface area contributed by atoms with Crippen LogP contribution in [-0.2, 0) is 4.79 Å². The van der Waals surface area contributed by atoms with Crippen LogP contribution in [0.1, 0.15) is 24.8 Å². The van der Waals surface area contributed by atoms with Crippen molar-refractivity contribution in [3.63, 3.8) is 0 Å². The number of carboxylic acid groups (broad SMARTS) is 1. The number of ether oxygens (including phenoxy) is 1. The molecule has 2 atom stereocenters. The maximum Gasteiger partial charge on any atom is 0.306 e. The molecule has 0 saturated heterocycles. The number of hydrogen-bond donors (Lipinski definition) is 1. The molecule has 17 heavy (non-hydrogen) atoms. The molecule has 0 aliphatic heterocycles. The minimum Gasteiger partial charge on any atom is -0.490 e. The summed E-state index contributed by atoms with van der Waals surface area (Å²) in [6.07, 6.45) is 2.11. The van der Waals surface area contributed by atoms with E-state index < -0.39 is 5.97 Å². The Morgan fingerprint density at radius 1 is 1.47 bits per heavy atom. The molecule has 0 radical (unpaired) electrons. The average Bonchev–Trinajstić information content (AvgIpc) is 2.72. The van der Waals surface area contributed by atoms with Crippen molar-refractivity contribution in [3.05, 3.63) is 28.8 Å². The number of benzene rings is 1. The van der Waals surface area contributed by atoms with E-state index in [2.05, 4.69) is 0 Å². The second kappa shape index (κ2) is 4.96. The minimum absolute atomic E-state index is 0.0108. The first-order valence-corrected chi connectivity index (χ1v) is 6.09. The lowest BCUT2D eigenvalue weighted by molar-refractivity contribution is -0.141. The summed E-state index contributed by atoms with van der Waals surface area (Å²) < 4.78 is 5.77. The van der Waals surface area contributed by atoms with Crippen molar-refractivity contribution < 1.29 is 14.6 Å². The zero-order valence-corrected chi connectivity index (χ0v) is 10.4. The van der Waals surface area contributed by atoms with E-state index in [1.807, 2.05) is 19.1 Å². The molecule has 1 aliphatic rings. The fourth-order valence-electron chi connectivity index (χ4n) is 2.15. The van der Waals surface area contributed by atoms with Gasteiger partial charge in [-0.25, -0.2) is 0 Å². The fraction of sp³-hybridized carbons (Fsp3) is 0.462. The molecule has 0 spiro atoms. The Morgan fingerprint density at radius 3 is 2.82 bits per heavy atom. The van der Waals surface area contributed by atoms with Crippen LogP contribution in [0.4, 0.5) is 0 Å². The SMILES string of the molecule is Cc1cc(OC2CCC(C(=O)O)C2)ccc1Cl. The molecule has 0 heterocycles. The van der Waals surface area contributed by atoms with Crippen LogP contribution in [0.25, 0.3) is 0 Å². The van der Waals surface area contributed by atoms with E-state index >= 15 is 0 Å². The van der Waals surface area contributed by atoms with Gasteiger partial charge in [-0.15, -0.1) is 0 Å². The molecule has 0 aromatic heterocycles. The largest absolute Gasteiger partial charge is 0.490 e. The predicted octanol–water partition coefficient (Wildman–Crippen LogP) is 3.28. The summed E-state index contributed by atoms with van der Waals surface area (Å²) in [6, 6.07) is 5.51. The normalized spacial score (nSPS) is 23.6. The van der Waals surface area contributed by atoms with Crippen LogP contribution in [0, 0.1) is 12.8 Å². The molecule has 1 aromatic rings. The Kier molecular flexibility index (Phi) is 3.57. The third kappa shape index (κ3) is 2.91. The second-order valence-corrected chi connectivity index (χ2v) is 4.91. The zero-order chi connectivity index (χ0) is 12.4. The Morgan fingerprint density at radius 2 is 2.24 bits per heavy atom. The lowest BCUT2D eigenvalue weighted by atomic mass is 10.1. The molecule has 3 nitrogen and oxygen atoms in total. The van der Waals surface area contributed by atoms with Crippen LogP contribution in [-0.4, -0.2) is 17.2 Å². The van der Waals surface area contributed by atoms with Gasteiger partial charge in [-0.2, -0.15) is 0 Å². The number of carbonyl (C=O) groups is 1. The van der Waals surface area contributed by atoms with E-state index in [0.717, 1.165) is 17.7 Å². The summed E-state index contributed by atoms with van der Waals surface area (Å²) in [5.74, 6) is -0.209. The number of aryl methyl sites for hydroxylation is 1. The molecule has 2 rings (SSSR count). The molecule has 2 unspecified atom stereocenters. The first-order valence-electron chi connectivity index (χ1n) is 5.72. The topological polar surface area (TPSA) is 46.5 Å². The molecule has 1 saturated carbocycles. The molecule has 92 valence electrons. The van der Waals surface area contributed by atoms with Gasteiger partial charge in [-0.05, 0) is 49.9 Å². The van der Waals surface area contributed by atoms with Crippen molar-refractivity contribution >= 4 is 17.6 Å². The van der Waals surface area contributed by atoms with Crippen molar-refractivity contribution in [1.29, 1.82) is 0 Å². The van der Waals surface area contributed by atoms with Crippen LogP contribution < -0.4 is 4.74 Å². The van der Waals surface area contributed by atoms with Crippen molar-refractivity contribution in [2.45, 2.75) is 32.3 Å². The van der Waals surface area contributed by atoms with Crippen LogP contribution >= 0.6 is 11.6 Å². The summed E-state index contributed by atoms with van der Waals surface area (Å²) in [5, 5.41) is 9.62. The summed E-state index contributed by atoms with van der Waals surface area (Å²) in [5.41, 5.74) is 0.969. The molecule has 0 bridgehead atoms. The minimum atomic E-state index is -0.719. The molecule has 4 heteroatoms. The Hall–Kier alpha value is -1.22. The molecule has 1 fully saturated rings. The standard InChI is InChI=1S/C13H15ClO3/c1-8-6-10(4-5-12(8)14)17-11-3-2-9(7-11)13(15)16/h4-6,9,11H,2-3,7H2,1H3,(H,15,16). The number of carboxylic acids is 1. The lowest BCUT2D eigenvalue weighted by Crippen LogP contribution is -2.15. The molecule has 1 aromatic carbocycles. The highest BCUT2D eigenvalue weighted by Gasteiger charge is 2.30. The van der Waals surface area contributed by atoms with Crippen molar-refractivity contribution in [2.24, 2.45) is 5.92 Å². The van der Waals surface area contributed by atoms with Gasteiger partial charge in [0.15, 0.2) is 0 Å². The predicted molar refractivity (Wildman–Crippen MR) is 65.6 cm³/mol. The van der Waals surface area contributed by atoms with E-state index in [1.54, 1.807) is 6.07 Å². The molecule has 0 amide bonds. The van der Waals surface area contributed by atoms with E-state index in [9.17, 15) is 4.79 Å². The van der Waals surface area contributed by atoms with Gasteiger partial charge in [0.2, 0.25) is 0 Å². The molecule has 1 aliphatic carbocycles. The molecular formula is C13H15ClO3. The fourth-order valence-corrected chi connectivity index (χ4v) is 2.27. The van der Waals surface area contributed by atoms with E-state index in [-0.39, 0.29) is 12.0 Å². The van der Waals surface area contributed by atoms with Crippen LogP contribution in [0.3, 0.4) is 0 Å². The Balaban J connectivity index is 1.98. The highest BCUT2D eigenvalue weighted by atomic mass is 35.5. The number of halogens is 1. The first-order chi connectivity index (χ1) is 8.06. The maximum absolute atomic E-state index is 10.8. The van der Waals surface area contributed by atoms with Crippen LogP contribution in [0.15, 0.2) is 18.2 Å². The smallest absolute Gasteiger partial charge is 0.306 e. The van der Waals surface area contributed by atoms with E-state index in [1.165, 1.54) is 0 Å². The quantitative estimate of drug-likeness (QED) is 0.900.